The average molecular weight is 1860 g/mol. The largest absolute Gasteiger partial charge is 0.508 e. The lowest BCUT2D eigenvalue weighted by Crippen LogP contribution is -2.31. The van der Waals surface area contributed by atoms with Gasteiger partial charge in [-0.25, -0.2) is 0 Å². The van der Waals surface area contributed by atoms with E-state index < -0.39 is 28.4 Å². The topological polar surface area (TPSA) is 366 Å². The number of benzene rings is 11. The van der Waals surface area contributed by atoms with Gasteiger partial charge in [0.05, 0.1) is 57.0 Å². The molecule has 2 amide bonds. The van der Waals surface area contributed by atoms with Crippen molar-refractivity contribution in [2.45, 2.75) is 153 Å². The van der Waals surface area contributed by atoms with E-state index >= 15 is 0 Å². The molecule has 10 aliphatic rings. The van der Waals surface area contributed by atoms with E-state index in [-0.39, 0.29) is 82.5 Å². The van der Waals surface area contributed by atoms with Crippen LogP contribution in [0.5, 0.6) is 40.2 Å². The zero-order valence-electron chi connectivity index (χ0n) is 75.2. The molecule has 11 aromatic carbocycles. The lowest BCUT2D eigenvalue weighted by atomic mass is 9.92. The lowest BCUT2D eigenvalue weighted by Gasteiger charge is -2.23. The summed E-state index contributed by atoms with van der Waals surface area (Å²) in [5, 5.41) is 48.9. The summed E-state index contributed by atoms with van der Waals surface area (Å²) in [6, 6.07) is 73.0. The fourth-order valence-corrected chi connectivity index (χ4v) is 18.5. The molecule has 698 valence electrons. The minimum Gasteiger partial charge on any atom is -0.508 e. The summed E-state index contributed by atoms with van der Waals surface area (Å²) in [7, 11) is -4.67. The number of fused-ring (bicyclic) bond motifs is 7. The fraction of sp³-hybridized carbons (Fsp3) is 0.368. The summed E-state index contributed by atoms with van der Waals surface area (Å²) >= 11 is 4.82. The number of phenolic OH excluding ortho intramolecular Hbond substituents is 2. The van der Waals surface area contributed by atoms with Crippen LogP contribution in [0.1, 0.15) is 199 Å². The van der Waals surface area contributed by atoms with Crippen LogP contribution in [0.15, 0.2) is 224 Å². The van der Waals surface area contributed by atoms with E-state index in [9.17, 15) is 34.2 Å². The van der Waals surface area contributed by atoms with Crippen molar-refractivity contribution in [3.63, 3.8) is 0 Å². The molecule has 5 aliphatic heterocycles. The van der Waals surface area contributed by atoms with E-state index in [1.807, 2.05) is 177 Å². The van der Waals surface area contributed by atoms with Crippen LogP contribution in [0.3, 0.4) is 0 Å². The predicted octanol–water partition coefficient (Wildman–Crippen LogP) is 18.9. The summed E-state index contributed by atoms with van der Waals surface area (Å²) in [4.78, 5) is 58.3. The minimum absolute atomic E-state index is 0. The highest BCUT2D eigenvalue weighted by molar-refractivity contribution is 7.79. The molecule has 5 aliphatic carbocycles. The number of carboxylic acids is 2. The molecule has 132 heavy (non-hydrogen) atoms. The van der Waals surface area contributed by atoms with Crippen LogP contribution >= 0.6 is 24.0 Å². The smallest absolute Gasteiger partial charge is 0.394 e. The molecule has 23 nitrogen and oxygen atoms in total. The van der Waals surface area contributed by atoms with Crippen LogP contribution in [0, 0.1) is 29.6 Å². The third-order valence-electron chi connectivity index (χ3n) is 26.0. The van der Waals surface area contributed by atoms with Gasteiger partial charge < -0.3 is 71.1 Å². The average Bonchev–Trinajstić information content (AvgIpc) is 1.52. The highest BCUT2D eigenvalue weighted by atomic mass is 35.5. The van der Waals surface area contributed by atoms with Crippen molar-refractivity contribution in [2.75, 3.05) is 65.8 Å². The second kappa shape index (κ2) is 46.7. The number of ether oxygens (including phenoxy) is 5. The maximum Gasteiger partial charge on any atom is 0.394 e. The molecule has 26 heteroatoms. The number of rotatable bonds is 21. The molecule has 5 saturated carbocycles. The van der Waals surface area contributed by atoms with E-state index in [0.29, 0.717) is 31.3 Å². The van der Waals surface area contributed by atoms with Gasteiger partial charge in [-0.3, -0.25) is 33.1 Å². The lowest BCUT2D eigenvalue weighted by molar-refractivity contribution is -0.139. The van der Waals surface area contributed by atoms with Crippen molar-refractivity contribution in [1.29, 1.82) is 0 Å². The Morgan fingerprint density at radius 1 is 0.432 bits per heavy atom. The molecular formula is C106H121Cl2N5O18S. The molecule has 5 heterocycles. The predicted molar refractivity (Wildman–Crippen MR) is 516 cm³/mol. The van der Waals surface area contributed by atoms with Crippen LogP contribution in [-0.4, -0.2) is 138 Å². The van der Waals surface area contributed by atoms with Gasteiger partial charge in [0.15, 0.2) is 0 Å². The van der Waals surface area contributed by atoms with Gasteiger partial charge in [-0.05, 0) is 214 Å². The number of carbonyl (C=O) groups is 5. The first kappa shape index (κ1) is 99.4. The van der Waals surface area contributed by atoms with Crippen LogP contribution in [0.4, 0.5) is 0 Å². The molecule has 5 fully saturated rings. The summed E-state index contributed by atoms with van der Waals surface area (Å²) in [6.07, 6.45) is 10.8. The Bertz CT molecular complexity index is 5830. The minimum atomic E-state index is -4.67. The Hall–Kier alpha value is -11.6. The number of carboxylic acid groups (broad SMARTS) is 2. The van der Waals surface area contributed by atoms with Crippen molar-refractivity contribution >= 4 is 84.9 Å². The molecule has 11 aromatic rings. The van der Waals surface area contributed by atoms with E-state index in [1.165, 1.54) is 88.1 Å². The van der Waals surface area contributed by atoms with Gasteiger partial charge in [-0.1, -0.05) is 217 Å². The third-order valence-corrected chi connectivity index (χ3v) is 26.2. The van der Waals surface area contributed by atoms with Gasteiger partial charge in [-0.15, -0.1) is 12.4 Å². The van der Waals surface area contributed by atoms with Gasteiger partial charge in [0, 0.05) is 96.4 Å². The first-order valence-corrected chi connectivity index (χ1v) is 47.4. The number of hydrogen-bond acceptors (Lipinski definition) is 17. The van der Waals surface area contributed by atoms with Crippen LogP contribution in [0.2, 0.25) is 0 Å². The Balaban J connectivity index is 0.000000141. The molecule has 12 N–H and O–H groups in total. The highest BCUT2D eigenvalue weighted by Gasteiger charge is 2.49. The van der Waals surface area contributed by atoms with Gasteiger partial charge in [0.2, 0.25) is 17.1 Å². The standard InChI is InChI=1S/C29H25NO3.C17H15NO.C15H19NO2.C12H15NO.2C12H12O3.C6H15N.C3H5ClO.ClH.H2O4S/c31-25-14-13-18-7-4-5-10-20(18)27(25)28(19-8-2-1-3-9-19)30-29(32)24-17-23(24)21-11-6-12-26-22(21)15-16-33-26;18-17(13-7-2-1-3-8-13)16-14-9-5-4-6-12(14)10-11-15(16)19;1-2-15(17)16-9-10-8-13(10)11-4-3-5-14-12(11)6-7-18-14;13-7-8-6-11(8)9-2-1-3-12-10(9)4-5-14-12;2*13-12(14)10-6-9(10)7-2-1-3-11-8(7)4-5-15-11;1-4-7(5-2)6-3;1-2-3(4)5;;1-5(2,3)4/h1-14,23-24,28,31H,15-17H2,(H,30,32);1-11,17,19H,18H2;3-5,10,13H,2,6-9H2,1H3,(H,16,17);1-3,8,11H,4-7,13H2;2*1-3,9-10H,4-6H2,(H,13,14);4-6H2,1-3H3;2H2,1H3;1H;(H2,1,2,3,4)/t23?,24-,28-;17-;10-,13?;8-,11?;9?,10-;;;;;/m11001...../s1. The Morgan fingerprint density at radius 3 is 1.11 bits per heavy atom. The number of nitrogens with one attached hydrogen (secondary N) is 2. The monoisotopic (exact) mass is 1850 g/mol. The number of carbonyl (C=O) groups excluding carboxylic acids is 3. The maximum absolute atomic E-state index is 13.5. The second-order valence-electron chi connectivity index (χ2n) is 34.2. The van der Waals surface area contributed by atoms with Gasteiger partial charge in [0.1, 0.15) is 40.2 Å². The van der Waals surface area contributed by atoms with Crippen molar-refractivity contribution in [2.24, 2.45) is 41.1 Å². The zero-order valence-corrected chi connectivity index (χ0v) is 77.6. The van der Waals surface area contributed by atoms with Gasteiger partial charge in [-0.2, -0.15) is 8.42 Å². The quantitative estimate of drug-likeness (QED) is 0.0236. The van der Waals surface area contributed by atoms with Crippen molar-refractivity contribution in [3.8, 4) is 40.2 Å². The number of nitrogens with two attached hydrogens (primary N) is 2. The fourth-order valence-electron chi connectivity index (χ4n) is 18.5. The molecular weight excluding hydrogens is 1730 g/mol. The number of amides is 2. The number of hydrogen-bond donors (Lipinski definition) is 10. The summed E-state index contributed by atoms with van der Waals surface area (Å²) in [5.74, 6) is 7.24. The van der Waals surface area contributed by atoms with Crippen molar-refractivity contribution in [3.05, 3.63) is 302 Å². The van der Waals surface area contributed by atoms with Crippen molar-refractivity contribution < 1.29 is 85.6 Å². The van der Waals surface area contributed by atoms with E-state index in [1.54, 1.807) is 19.1 Å². The SMILES string of the molecule is CCC(=O)Cl.CCC(=O)NC[C@@H]1CC1c1cccc2c1CCO2.CCN(CC)CC.Cl.NC[C@@H]1CC1c1cccc2c1CCO2.N[C@H](c1ccccc1)c1c(O)ccc2ccccc12.O=C(N[C@H](c1ccccc1)c1c(O)ccc2ccccc12)[C@@H]1CC1c1cccc2c1CCO2.O=C(O)C1CC1c1cccc2c1CCO2.O=C(O)[C@@H]1CC1c1cccc2c1CCO2.O=S(=O)(O)O. The van der Waals surface area contributed by atoms with Gasteiger partial charge in [0.25, 0.3) is 0 Å². The number of aliphatic carboxylic acids is 2. The summed E-state index contributed by atoms with van der Waals surface area (Å²) in [5.41, 5.74) is 28.6. The molecule has 12 atom stereocenters. The molecule has 0 bridgehead atoms. The number of aromatic hydroxyl groups is 2. The number of phenols is 2. The first-order valence-electron chi connectivity index (χ1n) is 45.7. The third kappa shape index (κ3) is 25.8. The Labute approximate surface area is 783 Å². The zero-order chi connectivity index (χ0) is 93.0. The van der Waals surface area contributed by atoms with E-state index in [2.05, 4.69) is 78.8 Å². The highest BCUT2D eigenvalue weighted by Crippen LogP contribution is 2.55. The molecule has 0 saturated heterocycles. The molecule has 0 spiro atoms. The molecule has 21 rings (SSSR count). The molecule has 6 unspecified atom stereocenters. The Kier molecular flexibility index (Phi) is 35.2. The van der Waals surface area contributed by atoms with Gasteiger partial charge >= 0.3 is 22.3 Å². The summed E-state index contributed by atoms with van der Waals surface area (Å²) in [6.45, 7) is 19.2. The normalized spacial score (nSPS) is 20.4. The van der Waals surface area contributed by atoms with Crippen LogP contribution in [0.25, 0.3) is 21.5 Å². The number of halogens is 2. The van der Waals surface area contributed by atoms with Crippen LogP contribution < -0.4 is 45.8 Å². The maximum atomic E-state index is 13.5. The van der Waals surface area contributed by atoms with Crippen molar-refractivity contribution in [1.82, 2.24) is 15.5 Å². The second-order valence-corrected chi connectivity index (χ2v) is 35.5. The van der Waals surface area contributed by atoms with E-state index in [4.69, 9.17) is 74.5 Å². The molecule has 0 radical (unpaired) electrons. The van der Waals surface area contributed by atoms with E-state index in [0.717, 1.165) is 175 Å². The summed E-state index contributed by atoms with van der Waals surface area (Å²) < 4.78 is 59.4. The Morgan fingerprint density at radius 2 is 0.765 bits per heavy atom. The van der Waals surface area contributed by atoms with Crippen LogP contribution in [-0.2, 0) is 66.5 Å². The first-order chi connectivity index (χ1) is 63.3. The number of nitrogens with zero attached hydrogens (tertiary/aromatic N) is 1. The molecule has 0 aromatic heterocycles.